The van der Waals surface area contributed by atoms with E-state index in [-0.39, 0.29) is 18.3 Å². The van der Waals surface area contributed by atoms with E-state index in [1.54, 1.807) is 0 Å². The standard InChI is InChI=1S/C18H28N2O2.ClH/c1-13-9-14(2)15(3)17(10-13)22-8-6-18(21)20-12-16-5-4-7-19-11-16;/h9-10,16,19H,4-8,11-12H2,1-3H3,(H,20,21);1H. The lowest BCUT2D eigenvalue weighted by Gasteiger charge is -2.22. The fourth-order valence-electron chi connectivity index (χ4n) is 2.85. The van der Waals surface area contributed by atoms with Crippen molar-refractivity contribution in [1.29, 1.82) is 0 Å². The van der Waals surface area contributed by atoms with Crippen LogP contribution in [0.1, 0.15) is 36.0 Å². The lowest BCUT2D eigenvalue weighted by atomic mass is 10.00. The van der Waals surface area contributed by atoms with Gasteiger partial charge in [0.25, 0.3) is 0 Å². The molecule has 0 aromatic heterocycles. The van der Waals surface area contributed by atoms with E-state index in [2.05, 4.69) is 37.5 Å². The molecule has 4 nitrogen and oxygen atoms in total. The smallest absolute Gasteiger partial charge is 0.223 e. The summed E-state index contributed by atoms with van der Waals surface area (Å²) < 4.78 is 5.79. The van der Waals surface area contributed by atoms with Gasteiger partial charge in [-0.2, -0.15) is 0 Å². The van der Waals surface area contributed by atoms with Crippen LogP contribution in [0.5, 0.6) is 5.75 Å². The molecule has 1 unspecified atom stereocenters. The van der Waals surface area contributed by atoms with Gasteiger partial charge < -0.3 is 15.4 Å². The molecular formula is C18H29ClN2O2. The van der Waals surface area contributed by atoms with E-state index in [0.717, 1.165) is 30.9 Å². The zero-order valence-corrected chi connectivity index (χ0v) is 15.2. The number of hydrogen-bond donors (Lipinski definition) is 2. The number of nitrogens with one attached hydrogen (secondary N) is 2. The van der Waals surface area contributed by atoms with Crippen molar-refractivity contribution in [3.63, 3.8) is 0 Å². The molecular weight excluding hydrogens is 312 g/mol. The van der Waals surface area contributed by atoms with E-state index in [9.17, 15) is 4.79 Å². The third-order valence-corrected chi connectivity index (χ3v) is 4.34. The van der Waals surface area contributed by atoms with Crippen LogP contribution in [-0.2, 0) is 4.79 Å². The Hall–Kier alpha value is -1.26. The Balaban J connectivity index is 0.00000264. The third kappa shape index (κ3) is 6.40. The van der Waals surface area contributed by atoms with Crippen molar-refractivity contribution in [3.05, 3.63) is 28.8 Å². The minimum Gasteiger partial charge on any atom is -0.493 e. The average Bonchev–Trinajstić information content (AvgIpc) is 2.51. The first-order valence-electron chi connectivity index (χ1n) is 8.24. The lowest BCUT2D eigenvalue weighted by molar-refractivity contribution is -0.121. The summed E-state index contributed by atoms with van der Waals surface area (Å²) in [5.74, 6) is 1.54. The van der Waals surface area contributed by atoms with E-state index in [4.69, 9.17) is 4.74 Å². The topological polar surface area (TPSA) is 50.4 Å². The summed E-state index contributed by atoms with van der Waals surface area (Å²) in [4.78, 5) is 11.9. The van der Waals surface area contributed by atoms with Gasteiger partial charge >= 0.3 is 0 Å². The van der Waals surface area contributed by atoms with Gasteiger partial charge in [-0.1, -0.05) is 6.07 Å². The van der Waals surface area contributed by atoms with Gasteiger partial charge in [-0.25, -0.2) is 0 Å². The average molecular weight is 341 g/mol. The fourth-order valence-corrected chi connectivity index (χ4v) is 2.85. The number of aryl methyl sites for hydroxylation is 2. The normalized spacial score (nSPS) is 17.3. The molecule has 1 heterocycles. The number of benzene rings is 1. The maximum atomic E-state index is 11.9. The summed E-state index contributed by atoms with van der Waals surface area (Å²) in [6, 6.07) is 4.18. The van der Waals surface area contributed by atoms with E-state index >= 15 is 0 Å². The predicted octanol–water partition coefficient (Wildman–Crippen LogP) is 2.92. The summed E-state index contributed by atoms with van der Waals surface area (Å²) in [5, 5.41) is 6.38. The molecule has 5 heteroatoms. The van der Waals surface area contributed by atoms with E-state index in [0.29, 0.717) is 18.9 Å². The van der Waals surface area contributed by atoms with Crippen molar-refractivity contribution in [2.24, 2.45) is 5.92 Å². The highest BCUT2D eigenvalue weighted by molar-refractivity contribution is 5.85. The molecule has 2 N–H and O–H groups in total. The molecule has 0 radical (unpaired) electrons. The van der Waals surface area contributed by atoms with Gasteiger partial charge in [0.05, 0.1) is 13.0 Å². The Morgan fingerprint density at radius 3 is 2.83 bits per heavy atom. The first-order chi connectivity index (χ1) is 10.6. The van der Waals surface area contributed by atoms with Crippen molar-refractivity contribution in [2.45, 2.75) is 40.0 Å². The summed E-state index contributed by atoms with van der Waals surface area (Å²) in [6.45, 7) is 9.52. The van der Waals surface area contributed by atoms with Crippen LogP contribution < -0.4 is 15.4 Å². The highest BCUT2D eigenvalue weighted by atomic mass is 35.5. The minimum absolute atomic E-state index is 0. The quantitative estimate of drug-likeness (QED) is 0.837. The van der Waals surface area contributed by atoms with Crippen LogP contribution in [0.4, 0.5) is 0 Å². The molecule has 1 atom stereocenters. The van der Waals surface area contributed by atoms with E-state index in [1.165, 1.54) is 24.0 Å². The summed E-state index contributed by atoms with van der Waals surface area (Å²) in [5.41, 5.74) is 3.57. The van der Waals surface area contributed by atoms with Gasteiger partial charge in [-0.15, -0.1) is 12.4 Å². The van der Waals surface area contributed by atoms with Crippen LogP contribution in [0.2, 0.25) is 0 Å². The van der Waals surface area contributed by atoms with Gasteiger partial charge in [0.1, 0.15) is 5.75 Å². The number of hydrogen-bond acceptors (Lipinski definition) is 3. The fraction of sp³-hybridized carbons (Fsp3) is 0.611. The van der Waals surface area contributed by atoms with Crippen LogP contribution in [0.3, 0.4) is 0 Å². The maximum Gasteiger partial charge on any atom is 0.223 e. The first-order valence-corrected chi connectivity index (χ1v) is 8.24. The van der Waals surface area contributed by atoms with Crippen molar-refractivity contribution in [1.82, 2.24) is 10.6 Å². The molecule has 2 rings (SSSR count). The zero-order chi connectivity index (χ0) is 15.9. The molecule has 1 fully saturated rings. The molecule has 1 aromatic carbocycles. The Labute approximate surface area is 145 Å². The first kappa shape index (κ1) is 19.8. The third-order valence-electron chi connectivity index (χ3n) is 4.34. The molecule has 1 amide bonds. The second kappa shape index (κ2) is 9.78. The molecule has 1 aromatic rings. The summed E-state index contributed by atoms with van der Waals surface area (Å²) in [6.07, 6.45) is 2.81. The number of carbonyl (C=O) groups excluding carboxylic acids is 1. The van der Waals surface area contributed by atoms with Crippen LogP contribution in [0.15, 0.2) is 12.1 Å². The molecule has 0 saturated carbocycles. The second-order valence-electron chi connectivity index (χ2n) is 6.32. The molecule has 0 aliphatic carbocycles. The Morgan fingerprint density at radius 1 is 1.35 bits per heavy atom. The predicted molar refractivity (Wildman–Crippen MR) is 96.6 cm³/mol. The lowest BCUT2D eigenvalue weighted by Crippen LogP contribution is -2.38. The molecule has 0 spiro atoms. The van der Waals surface area contributed by atoms with E-state index < -0.39 is 0 Å². The van der Waals surface area contributed by atoms with Crippen LogP contribution >= 0.6 is 12.4 Å². The SMILES string of the molecule is Cc1cc(C)c(C)c(OCCC(=O)NCC2CCCNC2)c1.Cl. The van der Waals surface area contributed by atoms with Gasteiger partial charge in [0.2, 0.25) is 5.91 Å². The van der Waals surface area contributed by atoms with Gasteiger partial charge in [0, 0.05) is 6.54 Å². The summed E-state index contributed by atoms with van der Waals surface area (Å²) >= 11 is 0. The van der Waals surface area contributed by atoms with Crippen molar-refractivity contribution < 1.29 is 9.53 Å². The molecule has 1 saturated heterocycles. The zero-order valence-electron chi connectivity index (χ0n) is 14.4. The van der Waals surface area contributed by atoms with Crippen molar-refractivity contribution in [3.8, 4) is 5.75 Å². The van der Waals surface area contributed by atoms with E-state index in [1.807, 2.05) is 6.07 Å². The Bertz CT molecular complexity index is 514. The summed E-state index contributed by atoms with van der Waals surface area (Å²) in [7, 11) is 0. The number of halogens is 1. The van der Waals surface area contributed by atoms with Gasteiger partial charge in [-0.05, 0) is 75.4 Å². The molecule has 0 bridgehead atoms. The van der Waals surface area contributed by atoms with Crippen molar-refractivity contribution in [2.75, 3.05) is 26.2 Å². The second-order valence-corrected chi connectivity index (χ2v) is 6.32. The molecule has 1 aliphatic rings. The van der Waals surface area contributed by atoms with Crippen LogP contribution in [-0.4, -0.2) is 32.1 Å². The molecule has 23 heavy (non-hydrogen) atoms. The Kier molecular flexibility index (Phi) is 8.42. The van der Waals surface area contributed by atoms with Crippen LogP contribution in [0.25, 0.3) is 0 Å². The minimum atomic E-state index is 0. The Morgan fingerprint density at radius 2 is 2.13 bits per heavy atom. The molecule has 130 valence electrons. The monoisotopic (exact) mass is 340 g/mol. The highest BCUT2D eigenvalue weighted by Gasteiger charge is 2.13. The van der Waals surface area contributed by atoms with Crippen LogP contribution in [0, 0.1) is 26.7 Å². The van der Waals surface area contributed by atoms with Crippen molar-refractivity contribution >= 4 is 18.3 Å². The molecule has 1 aliphatic heterocycles. The van der Waals surface area contributed by atoms with Gasteiger partial charge in [0.15, 0.2) is 0 Å². The maximum absolute atomic E-state index is 11.9. The number of rotatable bonds is 6. The van der Waals surface area contributed by atoms with Gasteiger partial charge in [-0.3, -0.25) is 4.79 Å². The number of piperidine rings is 1. The highest BCUT2D eigenvalue weighted by Crippen LogP contribution is 2.23. The number of amides is 1. The number of ether oxygens (including phenoxy) is 1. The largest absolute Gasteiger partial charge is 0.493 e. The number of carbonyl (C=O) groups is 1.